The Kier molecular flexibility index (Phi) is 5.17. The minimum atomic E-state index is -3.63. The van der Waals surface area contributed by atoms with Crippen LogP contribution < -0.4 is 0 Å². The molecule has 0 bridgehead atoms. The zero-order chi connectivity index (χ0) is 16.5. The average molecular weight is 313 g/mol. The number of hydrogen-bond acceptors (Lipinski definition) is 3. The summed E-state index contributed by atoms with van der Waals surface area (Å²) in [6.45, 7) is 8.83. The monoisotopic (exact) mass is 313 g/mol. The first-order chi connectivity index (χ1) is 9.50. The van der Waals surface area contributed by atoms with Crippen molar-refractivity contribution in [2.24, 2.45) is 0 Å². The summed E-state index contributed by atoms with van der Waals surface area (Å²) in [5.74, 6) is -0.967. The molecule has 1 N–H and O–H groups in total. The lowest BCUT2D eigenvalue weighted by molar-refractivity contribution is -0.136. The van der Waals surface area contributed by atoms with Crippen molar-refractivity contribution in [3.63, 3.8) is 0 Å². The SMILES string of the molecule is Cc1cc(C)c(S(=O)(=O)N(C)C(C)C)c(C)c1CC(=O)O. The third-order valence-electron chi connectivity index (χ3n) is 3.75. The van der Waals surface area contributed by atoms with Gasteiger partial charge >= 0.3 is 5.97 Å². The molecule has 0 aliphatic heterocycles. The lowest BCUT2D eigenvalue weighted by Crippen LogP contribution is -2.34. The van der Waals surface area contributed by atoms with Gasteiger partial charge in [0.2, 0.25) is 10.0 Å². The van der Waals surface area contributed by atoms with Crippen LogP contribution in [0, 0.1) is 20.8 Å². The zero-order valence-corrected chi connectivity index (χ0v) is 14.2. The van der Waals surface area contributed by atoms with Crippen LogP contribution >= 0.6 is 0 Å². The number of rotatable bonds is 5. The molecule has 1 aromatic carbocycles. The van der Waals surface area contributed by atoms with Crippen molar-refractivity contribution >= 4 is 16.0 Å². The van der Waals surface area contributed by atoms with Gasteiger partial charge in [0.15, 0.2) is 0 Å². The molecule has 0 spiro atoms. The van der Waals surface area contributed by atoms with E-state index in [1.165, 1.54) is 11.4 Å². The second-order valence-electron chi connectivity index (χ2n) is 5.63. The third-order valence-corrected chi connectivity index (χ3v) is 6.08. The van der Waals surface area contributed by atoms with Crippen LogP contribution in [0.2, 0.25) is 0 Å². The Morgan fingerprint density at radius 3 is 2.19 bits per heavy atom. The van der Waals surface area contributed by atoms with Crippen molar-refractivity contribution in [2.45, 2.75) is 52.0 Å². The molecular formula is C15H23NO4S. The Balaban J connectivity index is 3.61. The number of aliphatic carboxylic acids is 1. The van der Waals surface area contributed by atoms with E-state index in [4.69, 9.17) is 5.11 Å². The molecule has 0 aromatic heterocycles. The fraction of sp³-hybridized carbons (Fsp3) is 0.533. The van der Waals surface area contributed by atoms with E-state index < -0.39 is 16.0 Å². The molecule has 6 heteroatoms. The zero-order valence-electron chi connectivity index (χ0n) is 13.4. The second-order valence-corrected chi connectivity index (χ2v) is 7.56. The normalized spacial score (nSPS) is 12.2. The molecule has 0 radical (unpaired) electrons. The van der Waals surface area contributed by atoms with E-state index in [1.807, 2.05) is 0 Å². The van der Waals surface area contributed by atoms with Crippen LogP contribution in [-0.4, -0.2) is 36.9 Å². The molecule has 1 aromatic rings. The standard InChI is InChI=1S/C15H23NO4S/c1-9(2)16(6)21(19,20)15-11(4)7-10(3)13(12(15)5)8-14(17)18/h7,9H,8H2,1-6H3,(H,17,18). The number of sulfonamides is 1. The highest BCUT2D eigenvalue weighted by atomic mass is 32.2. The van der Waals surface area contributed by atoms with Crippen molar-refractivity contribution in [1.29, 1.82) is 0 Å². The Labute approximate surface area is 126 Å². The van der Waals surface area contributed by atoms with E-state index >= 15 is 0 Å². The van der Waals surface area contributed by atoms with Gasteiger partial charge in [-0.25, -0.2) is 8.42 Å². The van der Waals surface area contributed by atoms with Crippen molar-refractivity contribution < 1.29 is 18.3 Å². The van der Waals surface area contributed by atoms with Gasteiger partial charge in [0.1, 0.15) is 0 Å². The van der Waals surface area contributed by atoms with Gasteiger partial charge in [0.25, 0.3) is 0 Å². The molecule has 21 heavy (non-hydrogen) atoms. The van der Waals surface area contributed by atoms with E-state index in [0.717, 1.165) is 5.56 Å². The highest BCUT2D eigenvalue weighted by Crippen LogP contribution is 2.29. The van der Waals surface area contributed by atoms with Gasteiger partial charge in [0.05, 0.1) is 11.3 Å². The minimum Gasteiger partial charge on any atom is -0.481 e. The van der Waals surface area contributed by atoms with E-state index in [2.05, 4.69) is 0 Å². The van der Waals surface area contributed by atoms with Crippen LogP contribution in [0.5, 0.6) is 0 Å². The predicted octanol–water partition coefficient (Wildman–Crippen LogP) is 2.27. The first-order valence-electron chi connectivity index (χ1n) is 6.79. The number of hydrogen-bond donors (Lipinski definition) is 1. The predicted molar refractivity (Wildman–Crippen MR) is 82.1 cm³/mol. The Hall–Kier alpha value is -1.40. The fourth-order valence-corrected chi connectivity index (χ4v) is 4.27. The Morgan fingerprint density at radius 1 is 1.24 bits per heavy atom. The second kappa shape index (κ2) is 6.15. The highest BCUT2D eigenvalue weighted by molar-refractivity contribution is 7.89. The van der Waals surface area contributed by atoms with Gasteiger partial charge in [-0.05, 0) is 56.9 Å². The number of carboxylic acid groups (broad SMARTS) is 1. The molecule has 0 saturated carbocycles. The molecule has 118 valence electrons. The van der Waals surface area contributed by atoms with Gasteiger partial charge in [0, 0.05) is 13.1 Å². The van der Waals surface area contributed by atoms with Gasteiger partial charge in [-0.2, -0.15) is 4.31 Å². The molecule has 5 nitrogen and oxygen atoms in total. The summed E-state index contributed by atoms with van der Waals surface area (Å²) >= 11 is 0. The maximum atomic E-state index is 12.7. The topological polar surface area (TPSA) is 74.7 Å². The van der Waals surface area contributed by atoms with Gasteiger partial charge < -0.3 is 5.11 Å². The van der Waals surface area contributed by atoms with Crippen LogP contribution in [0.4, 0.5) is 0 Å². The summed E-state index contributed by atoms with van der Waals surface area (Å²) in [4.78, 5) is 11.2. The molecule has 0 aliphatic rings. The number of carbonyl (C=O) groups is 1. The summed E-state index contributed by atoms with van der Waals surface area (Å²) in [6, 6.07) is 1.57. The van der Waals surface area contributed by atoms with Crippen molar-refractivity contribution in [3.8, 4) is 0 Å². The number of nitrogens with zero attached hydrogens (tertiary/aromatic N) is 1. The first kappa shape index (κ1) is 17.7. The molecule has 0 heterocycles. The maximum absolute atomic E-state index is 12.7. The summed E-state index contributed by atoms with van der Waals surface area (Å²) in [6.07, 6.45) is -0.175. The van der Waals surface area contributed by atoms with Crippen LogP contribution in [0.3, 0.4) is 0 Å². The van der Waals surface area contributed by atoms with Crippen molar-refractivity contribution in [1.82, 2.24) is 4.31 Å². The van der Waals surface area contributed by atoms with Crippen molar-refractivity contribution in [2.75, 3.05) is 7.05 Å². The van der Waals surface area contributed by atoms with E-state index in [-0.39, 0.29) is 17.4 Å². The maximum Gasteiger partial charge on any atom is 0.307 e. The average Bonchev–Trinajstić information content (AvgIpc) is 2.32. The van der Waals surface area contributed by atoms with E-state index in [0.29, 0.717) is 16.7 Å². The quantitative estimate of drug-likeness (QED) is 0.905. The van der Waals surface area contributed by atoms with Crippen LogP contribution in [-0.2, 0) is 21.2 Å². The third kappa shape index (κ3) is 3.44. The molecule has 0 atom stereocenters. The molecular weight excluding hydrogens is 290 g/mol. The molecule has 1 rings (SSSR count). The smallest absolute Gasteiger partial charge is 0.307 e. The summed E-state index contributed by atoms with van der Waals surface area (Å²) in [5, 5.41) is 9.02. The number of carboxylic acids is 1. The molecule has 0 fully saturated rings. The molecule has 0 saturated heterocycles. The van der Waals surface area contributed by atoms with E-state index in [1.54, 1.807) is 40.7 Å². The highest BCUT2D eigenvalue weighted by Gasteiger charge is 2.28. The molecule has 0 aliphatic carbocycles. The number of benzene rings is 1. The van der Waals surface area contributed by atoms with Crippen LogP contribution in [0.25, 0.3) is 0 Å². The Morgan fingerprint density at radius 2 is 1.76 bits per heavy atom. The summed E-state index contributed by atoms with van der Waals surface area (Å²) in [7, 11) is -2.10. The molecule has 0 unspecified atom stereocenters. The van der Waals surface area contributed by atoms with Gasteiger partial charge in [-0.15, -0.1) is 0 Å². The van der Waals surface area contributed by atoms with Gasteiger partial charge in [-0.3, -0.25) is 4.79 Å². The first-order valence-corrected chi connectivity index (χ1v) is 8.23. The largest absolute Gasteiger partial charge is 0.481 e. The van der Waals surface area contributed by atoms with Crippen molar-refractivity contribution in [3.05, 3.63) is 28.3 Å². The fourth-order valence-electron chi connectivity index (χ4n) is 2.45. The van der Waals surface area contributed by atoms with Crippen LogP contribution in [0.1, 0.15) is 36.1 Å². The minimum absolute atomic E-state index is 0.168. The summed E-state index contributed by atoms with van der Waals surface area (Å²) < 4.78 is 26.8. The molecule has 0 amide bonds. The lowest BCUT2D eigenvalue weighted by Gasteiger charge is -2.24. The Bertz CT molecular complexity index is 663. The van der Waals surface area contributed by atoms with Crippen LogP contribution in [0.15, 0.2) is 11.0 Å². The van der Waals surface area contributed by atoms with E-state index in [9.17, 15) is 13.2 Å². The van der Waals surface area contributed by atoms with Gasteiger partial charge in [-0.1, -0.05) is 6.07 Å². The number of aryl methyl sites for hydroxylation is 2. The summed E-state index contributed by atoms with van der Waals surface area (Å²) in [5.41, 5.74) is 2.55. The lowest BCUT2D eigenvalue weighted by atomic mass is 9.97.